The molecule has 0 aliphatic carbocycles. The van der Waals surface area contributed by atoms with Gasteiger partial charge in [-0.3, -0.25) is 0 Å². The van der Waals surface area contributed by atoms with Gasteiger partial charge in [-0.25, -0.2) is 0 Å². The fraction of sp³-hybridized carbons (Fsp3) is 0.714. The Morgan fingerprint density at radius 2 is 1.31 bits per heavy atom. The average Bonchev–Trinajstić information content (AvgIpc) is 1.90. The molecule has 0 aliphatic rings. The van der Waals surface area contributed by atoms with Crippen LogP contribution in [-0.4, -0.2) is 11.9 Å². The van der Waals surface area contributed by atoms with Gasteiger partial charge in [0, 0.05) is 5.41 Å². The van der Waals surface area contributed by atoms with Crippen molar-refractivity contribution in [3.8, 4) is 0 Å². The van der Waals surface area contributed by atoms with Gasteiger partial charge in [0.1, 0.15) is 0 Å². The molecule has 0 heterocycles. The van der Waals surface area contributed by atoms with Gasteiger partial charge in [0.25, 0.3) is 0 Å². The topological polar surface area (TPSA) is 80.3 Å². The maximum absolute atomic E-state index is 10.4. The van der Waals surface area contributed by atoms with Crippen molar-refractivity contribution in [1.82, 2.24) is 0 Å². The average molecular weight is 188 g/mol. The van der Waals surface area contributed by atoms with E-state index < -0.39 is 17.4 Å². The van der Waals surface area contributed by atoms with Crippen molar-refractivity contribution in [2.45, 2.75) is 26.7 Å². The van der Waals surface area contributed by atoms with Crippen molar-refractivity contribution >= 4 is 11.9 Å². The number of hydrogen-bond acceptors (Lipinski definition) is 4. The molecule has 0 saturated heterocycles. The normalized spacial score (nSPS) is 9.38. The second kappa shape index (κ2) is 7.90. The van der Waals surface area contributed by atoms with Crippen molar-refractivity contribution in [2.24, 2.45) is 5.41 Å². The predicted octanol–water partition coefficient (Wildman–Crippen LogP) is -7.70. The summed E-state index contributed by atoms with van der Waals surface area (Å²) in [5.41, 5.74) is -1.81. The first-order chi connectivity index (χ1) is 5.01. The van der Waals surface area contributed by atoms with Gasteiger partial charge in [-0.2, -0.15) is 0 Å². The fourth-order valence-corrected chi connectivity index (χ4v) is 0.911. The maximum Gasteiger partial charge on any atom is 1.00 e. The Hall–Kier alpha value is 0.537. The Morgan fingerprint density at radius 1 is 1.08 bits per heavy atom. The Kier molecular flexibility index (Phi) is 11.6. The van der Waals surface area contributed by atoms with Gasteiger partial charge in [0.2, 0.25) is 0 Å². The van der Waals surface area contributed by atoms with Crippen LogP contribution in [0.1, 0.15) is 26.7 Å². The zero-order valence-electron chi connectivity index (χ0n) is 8.55. The molecule has 0 fully saturated rings. The third kappa shape index (κ3) is 4.05. The number of hydrogen-bond donors (Lipinski definition) is 0. The van der Waals surface area contributed by atoms with Crippen LogP contribution in [-0.2, 0) is 9.59 Å². The maximum atomic E-state index is 10.4. The molecule has 6 heteroatoms. The van der Waals surface area contributed by atoms with E-state index in [1.165, 1.54) is 13.8 Å². The molecule has 0 spiro atoms. The van der Waals surface area contributed by atoms with Crippen molar-refractivity contribution in [1.29, 1.82) is 0 Å². The monoisotopic (exact) mass is 188 g/mol. The first-order valence-corrected chi connectivity index (χ1v) is 3.44. The van der Waals surface area contributed by atoms with Gasteiger partial charge in [0.05, 0.1) is 11.9 Å². The first-order valence-electron chi connectivity index (χ1n) is 3.44. The van der Waals surface area contributed by atoms with E-state index in [9.17, 15) is 19.8 Å². The molecule has 64 valence electrons. The van der Waals surface area contributed by atoms with Crippen LogP contribution in [0.2, 0.25) is 0 Å². The van der Waals surface area contributed by atoms with Crippen LogP contribution in [0.25, 0.3) is 0 Å². The van der Waals surface area contributed by atoms with Gasteiger partial charge in [-0.15, -0.1) is 0 Å². The van der Waals surface area contributed by atoms with Crippen molar-refractivity contribution in [2.75, 3.05) is 0 Å². The van der Waals surface area contributed by atoms with Gasteiger partial charge >= 0.3 is 48.4 Å². The molecule has 0 aromatic heterocycles. The molecule has 4 nitrogen and oxygen atoms in total. The number of carboxylic acid groups (broad SMARTS) is 2. The van der Waals surface area contributed by atoms with Crippen LogP contribution < -0.4 is 58.6 Å². The summed E-state index contributed by atoms with van der Waals surface area (Å²) >= 11 is 0. The third-order valence-electron chi connectivity index (χ3n) is 1.99. The SMILES string of the molecule is CCC(CC)(C(=O)[O-])C(=O)[O-].[Li+].[Na+]. The number of carbonyl (C=O) groups is 2. The van der Waals surface area contributed by atoms with E-state index in [1.807, 2.05) is 0 Å². The summed E-state index contributed by atoms with van der Waals surface area (Å²) in [5, 5.41) is 20.8. The van der Waals surface area contributed by atoms with E-state index in [1.54, 1.807) is 0 Å². The summed E-state index contributed by atoms with van der Waals surface area (Å²) in [4.78, 5) is 20.8. The Balaban J connectivity index is -0.000000500. The van der Waals surface area contributed by atoms with Crippen molar-refractivity contribution in [3.63, 3.8) is 0 Å². The summed E-state index contributed by atoms with van der Waals surface area (Å²) in [6.07, 6.45) is -0.0116. The van der Waals surface area contributed by atoms with Gasteiger partial charge in [0.15, 0.2) is 0 Å². The molecular weight excluding hydrogens is 178 g/mol. The quantitative estimate of drug-likeness (QED) is 0.324. The van der Waals surface area contributed by atoms with Gasteiger partial charge in [-0.1, -0.05) is 13.8 Å². The standard InChI is InChI=1S/C7H12O4.Li.Na/c1-3-7(4-2,5(8)9)6(10)11;;/h3-4H2,1-2H3,(H,8,9)(H,10,11);;/q;2*+1/p-2. The Labute approximate surface area is 112 Å². The number of carboxylic acids is 2. The van der Waals surface area contributed by atoms with E-state index >= 15 is 0 Å². The van der Waals surface area contributed by atoms with Crippen LogP contribution in [0, 0.1) is 5.41 Å². The minimum atomic E-state index is -1.81. The zero-order chi connectivity index (χ0) is 9.07. The van der Waals surface area contributed by atoms with Gasteiger partial charge in [-0.05, 0) is 12.8 Å². The molecule has 0 saturated carbocycles. The summed E-state index contributed by atoms with van der Waals surface area (Å²) in [5.74, 6) is -3.13. The molecule has 0 aliphatic heterocycles. The second-order valence-corrected chi connectivity index (χ2v) is 2.36. The summed E-state index contributed by atoms with van der Waals surface area (Å²) in [6.45, 7) is 2.96. The molecule has 0 aromatic rings. The minimum Gasteiger partial charge on any atom is -0.549 e. The molecular formula is C7H10LiNaO4. The summed E-state index contributed by atoms with van der Waals surface area (Å²) in [6, 6.07) is 0. The van der Waals surface area contributed by atoms with Crippen molar-refractivity contribution in [3.05, 3.63) is 0 Å². The van der Waals surface area contributed by atoms with Crippen LogP contribution in [0.4, 0.5) is 0 Å². The molecule has 0 atom stereocenters. The van der Waals surface area contributed by atoms with E-state index in [-0.39, 0.29) is 61.3 Å². The largest absolute Gasteiger partial charge is 1.00 e. The molecule has 0 unspecified atom stereocenters. The van der Waals surface area contributed by atoms with Crippen LogP contribution in [0.15, 0.2) is 0 Å². The van der Waals surface area contributed by atoms with E-state index in [2.05, 4.69) is 0 Å². The third-order valence-corrected chi connectivity index (χ3v) is 1.99. The summed E-state index contributed by atoms with van der Waals surface area (Å²) in [7, 11) is 0. The number of aliphatic carboxylic acids is 2. The minimum absolute atomic E-state index is 0. The molecule has 13 heavy (non-hydrogen) atoms. The van der Waals surface area contributed by atoms with Crippen LogP contribution in [0.5, 0.6) is 0 Å². The molecule has 0 amide bonds. The van der Waals surface area contributed by atoms with Crippen molar-refractivity contribution < 1.29 is 68.2 Å². The Bertz CT molecular complexity index is 163. The molecule has 0 N–H and O–H groups in total. The second-order valence-electron chi connectivity index (χ2n) is 2.36. The predicted molar refractivity (Wildman–Crippen MR) is 33.0 cm³/mol. The van der Waals surface area contributed by atoms with E-state index in [0.29, 0.717) is 0 Å². The number of rotatable bonds is 4. The molecule has 0 radical (unpaired) electrons. The zero-order valence-corrected chi connectivity index (χ0v) is 10.5. The van der Waals surface area contributed by atoms with Crippen LogP contribution in [0.3, 0.4) is 0 Å². The first kappa shape index (κ1) is 19.2. The van der Waals surface area contributed by atoms with Gasteiger partial charge < -0.3 is 19.8 Å². The fourth-order valence-electron chi connectivity index (χ4n) is 0.911. The van der Waals surface area contributed by atoms with Crippen LogP contribution >= 0.6 is 0 Å². The number of carbonyl (C=O) groups excluding carboxylic acids is 2. The summed E-state index contributed by atoms with van der Waals surface area (Å²) < 4.78 is 0. The van der Waals surface area contributed by atoms with E-state index in [4.69, 9.17) is 0 Å². The molecule has 0 bridgehead atoms. The van der Waals surface area contributed by atoms with E-state index in [0.717, 1.165) is 0 Å². The molecule has 0 rings (SSSR count). The Morgan fingerprint density at radius 3 is 1.31 bits per heavy atom. The smallest absolute Gasteiger partial charge is 0.549 e. The molecule has 0 aromatic carbocycles.